The van der Waals surface area contributed by atoms with E-state index in [9.17, 15) is 14.0 Å². The number of carboxylic acid groups (broad SMARTS) is 1. The molecule has 2 saturated heterocycles. The molecule has 2 N–H and O–H groups in total. The van der Waals surface area contributed by atoms with E-state index in [4.69, 9.17) is 9.84 Å². The number of anilines is 2. The zero-order valence-electron chi connectivity index (χ0n) is 19.5. The molecule has 0 radical (unpaired) electrons. The number of amides is 2. The van der Waals surface area contributed by atoms with Crippen LogP contribution in [0.15, 0.2) is 30.5 Å². The first-order valence-electron chi connectivity index (χ1n) is 11.2. The Morgan fingerprint density at radius 3 is 2.50 bits per heavy atom. The van der Waals surface area contributed by atoms with Crippen molar-refractivity contribution in [1.82, 2.24) is 19.8 Å². The van der Waals surface area contributed by atoms with Gasteiger partial charge in [-0.2, -0.15) is 4.98 Å². The molecule has 10 nitrogen and oxygen atoms in total. The molecule has 0 saturated carbocycles. The van der Waals surface area contributed by atoms with E-state index < -0.39 is 23.5 Å². The molecule has 2 amide bonds. The first-order chi connectivity index (χ1) is 16.1. The van der Waals surface area contributed by atoms with Crippen molar-refractivity contribution >= 4 is 24.0 Å². The Kier molecular flexibility index (Phi) is 6.56. The van der Waals surface area contributed by atoms with Gasteiger partial charge in [-0.15, -0.1) is 0 Å². The highest BCUT2D eigenvalue weighted by Gasteiger charge is 2.43. The minimum atomic E-state index is -0.869. The zero-order valence-corrected chi connectivity index (χ0v) is 19.5. The first kappa shape index (κ1) is 23.7. The minimum Gasteiger partial charge on any atom is -0.465 e. The topological polar surface area (TPSA) is 111 Å². The number of halogens is 1. The largest absolute Gasteiger partial charge is 0.465 e. The summed E-state index contributed by atoms with van der Waals surface area (Å²) in [6.45, 7) is 8.85. The highest BCUT2D eigenvalue weighted by atomic mass is 19.1. The van der Waals surface area contributed by atoms with E-state index in [2.05, 4.69) is 20.2 Å². The Balaban J connectivity index is 1.39. The van der Waals surface area contributed by atoms with E-state index >= 15 is 0 Å². The standard InChI is InChI=1S/C23H29FN6O4/c1-15(17-6-4-16(5-7-17)13-28-8-10-29(11-9-28)21(31)32)26-20-25-12-18(24)19(27-20)30-22(33)34-14-23(30,2)3/h4-7,12,15H,8-11,13-14H2,1-3H3,(H,31,32)(H,25,26,27). The van der Waals surface area contributed by atoms with Crippen LogP contribution in [0.1, 0.15) is 37.9 Å². The molecule has 11 heteroatoms. The SMILES string of the molecule is CC(Nc1ncc(F)c(N2C(=O)OCC2(C)C)n1)c1ccc(CN2CCN(C(=O)O)CC2)cc1. The second kappa shape index (κ2) is 9.41. The maximum absolute atomic E-state index is 14.5. The number of benzene rings is 1. The number of carbonyl (C=O) groups excluding carboxylic acids is 1. The van der Waals surface area contributed by atoms with Crippen molar-refractivity contribution in [3.63, 3.8) is 0 Å². The fourth-order valence-corrected chi connectivity index (χ4v) is 4.12. The summed E-state index contributed by atoms with van der Waals surface area (Å²) in [5.41, 5.74) is 1.41. The Bertz CT molecular complexity index is 1060. The number of piperazine rings is 1. The quantitative estimate of drug-likeness (QED) is 0.659. The summed E-state index contributed by atoms with van der Waals surface area (Å²) in [4.78, 5) is 36.4. The maximum atomic E-state index is 14.5. The lowest BCUT2D eigenvalue weighted by Crippen LogP contribution is -2.47. The van der Waals surface area contributed by atoms with Gasteiger partial charge in [0, 0.05) is 32.7 Å². The number of nitrogens with zero attached hydrogens (tertiary/aromatic N) is 5. The van der Waals surface area contributed by atoms with Crippen molar-refractivity contribution in [2.24, 2.45) is 0 Å². The van der Waals surface area contributed by atoms with Gasteiger partial charge in [0.15, 0.2) is 11.6 Å². The van der Waals surface area contributed by atoms with Crippen molar-refractivity contribution < 1.29 is 23.8 Å². The van der Waals surface area contributed by atoms with E-state index in [0.29, 0.717) is 26.2 Å². The van der Waals surface area contributed by atoms with Gasteiger partial charge in [0.05, 0.1) is 17.8 Å². The van der Waals surface area contributed by atoms with Gasteiger partial charge in [0.1, 0.15) is 6.61 Å². The number of cyclic esters (lactones) is 1. The molecule has 4 rings (SSSR count). The molecular formula is C23H29FN6O4. The Labute approximate surface area is 197 Å². The Morgan fingerprint density at radius 1 is 1.24 bits per heavy atom. The van der Waals surface area contributed by atoms with E-state index in [-0.39, 0.29) is 24.4 Å². The van der Waals surface area contributed by atoms with Gasteiger partial charge in [-0.3, -0.25) is 4.90 Å². The van der Waals surface area contributed by atoms with Crippen LogP contribution in [-0.2, 0) is 11.3 Å². The Hall–Kier alpha value is -3.47. The lowest BCUT2D eigenvalue weighted by Gasteiger charge is -2.33. The molecule has 1 aromatic heterocycles. The zero-order chi connectivity index (χ0) is 24.5. The van der Waals surface area contributed by atoms with E-state index in [1.807, 2.05) is 31.2 Å². The predicted molar refractivity (Wildman–Crippen MR) is 123 cm³/mol. The summed E-state index contributed by atoms with van der Waals surface area (Å²) in [6.07, 6.45) is -0.458. The molecule has 34 heavy (non-hydrogen) atoms. The molecule has 1 unspecified atom stereocenters. The van der Waals surface area contributed by atoms with Crippen LogP contribution >= 0.6 is 0 Å². The number of hydrogen-bond acceptors (Lipinski definition) is 7. The third-order valence-corrected chi connectivity index (χ3v) is 6.15. The molecule has 2 aliphatic heterocycles. The highest BCUT2D eigenvalue weighted by Crippen LogP contribution is 2.31. The molecule has 1 aromatic carbocycles. The van der Waals surface area contributed by atoms with Gasteiger partial charge in [0.2, 0.25) is 5.95 Å². The van der Waals surface area contributed by atoms with Crippen LogP contribution in [0.2, 0.25) is 0 Å². The van der Waals surface area contributed by atoms with E-state index in [0.717, 1.165) is 23.9 Å². The van der Waals surface area contributed by atoms with Gasteiger partial charge in [-0.1, -0.05) is 24.3 Å². The molecule has 2 aromatic rings. The third kappa shape index (κ3) is 5.04. The maximum Gasteiger partial charge on any atom is 0.416 e. The van der Waals surface area contributed by atoms with Gasteiger partial charge < -0.3 is 20.1 Å². The molecule has 2 fully saturated rings. The van der Waals surface area contributed by atoms with Gasteiger partial charge in [0.25, 0.3) is 0 Å². The molecule has 1 atom stereocenters. The van der Waals surface area contributed by atoms with Crippen LogP contribution < -0.4 is 10.2 Å². The molecule has 182 valence electrons. The molecule has 0 bridgehead atoms. The van der Waals surface area contributed by atoms with Crippen molar-refractivity contribution in [3.05, 3.63) is 47.4 Å². The number of carbonyl (C=O) groups is 2. The fraction of sp³-hybridized carbons (Fsp3) is 0.478. The van der Waals surface area contributed by atoms with Crippen LogP contribution in [0.3, 0.4) is 0 Å². The van der Waals surface area contributed by atoms with Crippen molar-refractivity contribution in [1.29, 1.82) is 0 Å². The lowest BCUT2D eigenvalue weighted by molar-refractivity contribution is 0.103. The number of hydrogen-bond donors (Lipinski definition) is 2. The predicted octanol–water partition coefficient (Wildman–Crippen LogP) is 3.32. The monoisotopic (exact) mass is 472 g/mol. The second-order valence-corrected chi connectivity index (χ2v) is 9.22. The smallest absolute Gasteiger partial charge is 0.416 e. The van der Waals surface area contributed by atoms with Gasteiger partial charge >= 0.3 is 12.2 Å². The van der Waals surface area contributed by atoms with Crippen LogP contribution in [0.4, 0.5) is 25.7 Å². The van der Waals surface area contributed by atoms with E-state index in [1.54, 1.807) is 13.8 Å². The average Bonchev–Trinajstić information content (AvgIpc) is 3.08. The summed E-state index contributed by atoms with van der Waals surface area (Å²) in [7, 11) is 0. The third-order valence-electron chi connectivity index (χ3n) is 6.15. The summed E-state index contributed by atoms with van der Waals surface area (Å²) < 4.78 is 19.5. The van der Waals surface area contributed by atoms with Crippen LogP contribution in [0.25, 0.3) is 0 Å². The summed E-state index contributed by atoms with van der Waals surface area (Å²) in [6, 6.07) is 7.93. The van der Waals surface area contributed by atoms with Crippen molar-refractivity contribution in [2.45, 2.75) is 38.9 Å². The molecule has 0 aliphatic carbocycles. The minimum absolute atomic E-state index is 0.115. The fourth-order valence-electron chi connectivity index (χ4n) is 4.12. The van der Waals surface area contributed by atoms with Gasteiger partial charge in [-0.25, -0.2) is 23.9 Å². The number of rotatable bonds is 6. The van der Waals surface area contributed by atoms with Crippen LogP contribution in [0, 0.1) is 5.82 Å². The number of nitrogens with one attached hydrogen (secondary N) is 1. The average molecular weight is 473 g/mol. The first-order valence-corrected chi connectivity index (χ1v) is 11.2. The van der Waals surface area contributed by atoms with Crippen LogP contribution in [-0.4, -0.2) is 75.4 Å². The second-order valence-electron chi connectivity index (χ2n) is 9.22. The summed E-state index contributed by atoms with van der Waals surface area (Å²) in [5.74, 6) is -0.603. The molecule has 2 aliphatic rings. The van der Waals surface area contributed by atoms with Gasteiger partial charge in [-0.05, 0) is 31.9 Å². The highest BCUT2D eigenvalue weighted by molar-refractivity contribution is 5.90. The summed E-state index contributed by atoms with van der Waals surface area (Å²) >= 11 is 0. The Morgan fingerprint density at radius 2 is 1.91 bits per heavy atom. The van der Waals surface area contributed by atoms with Crippen molar-refractivity contribution in [2.75, 3.05) is 43.0 Å². The van der Waals surface area contributed by atoms with E-state index in [1.165, 1.54) is 9.80 Å². The molecule has 3 heterocycles. The van der Waals surface area contributed by atoms with Crippen molar-refractivity contribution in [3.8, 4) is 0 Å². The number of aromatic nitrogens is 2. The lowest BCUT2D eigenvalue weighted by atomic mass is 10.1. The molecule has 0 spiro atoms. The normalized spacial score (nSPS) is 19.1. The molecular weight excluding hydrogens is 443 g/mol. The number of ether oxygens (including phenoxy) is 1. The van der Waals surface area contributed by atoms with Crippen LogP contribution in [0.5, 0.6) is 0 Å². The summed E-state index contributed by atoms with van der Waals surface area (Å²) in [5, 5.41) is 12.2.